The monoisotopic (exact) mass is 311 g/mol. The molecule has 0 heterocycles. The van der Waals surface area contributed by atoms with Crippen molar-refractivity contribution in [1.82, 2.24) is 5.32 Å². The molecular formula is C20H25NO2. The van der Waals surface area contributed by atoms with Crippen LogP contribution in [-0.2, 0) is 4.79 Å². The van der Waals surface area contributed by atoms with Crippen molar-refractivity contribution in [2.24, 2.45) is 0 Å². The Kier molecular flexibility index (Phi) is 5.43. The molecule has 1 N–H and O–H groups in total. The normalized spacial score (nSPS) is 13.3. The molecule has 3 heteroatoms. The zero-order valence-electron chi connectivity index (χ0n) is 14.5. The van der Waals surface area contributed by atoms with Gasteiger partial charge >= 0.3 is 0 Å². The highest BCUT2D eigenvalue weighted by molar-refractivity contribution is 5.81. The summed E-state index contributed by atoms with van der Waals surface area (Å²) in [4.78, 5) is 12.4. The number of ether oxygens (including phenoxy) is 1. The fourth-order valence-electron chi connectivity index (χ4n) is 2.37. The van der Waals surface area contributed by atoms with E-state index in [1.165, 1.54) is 5.56 Å². The van der Waals surface area contributed by atoms with E-state index in [2.05, 4.69) is 5.32 Å². The van der Waals surface area contributed by atoms with E-state index >= 15 is 0 Å². The van der Waals surface area contributed by atoms with E-state index in [4.69, 9.17) is 4.74 Å². The molecule has 0 aliphatic carbocycles. The van der Waals surface area contributed by atoms with Crippen LogP contribution in [0.2, 0.25) is 0 Å². The number of carbonyl (C=O) groups is 1. The zero-order chi connectivity index (χ0) is 17.0. The second-order valence-corrected chi connectivity index (χ2v) is 6.10. The molecule has 2 aromatic carbocycles. The van der Waals surface area contributed by atoms with E-state index in [0.29, 0.717) is 0 Å². The summed E-state index contributed by atoms with van der Waals surface area (Å²) in [6.45, 7) is 9.84. The molecule has 0 saturated carbocycles. The lowest BCUT2D eigenvalue weighted by atomic mass is 10.1. The highest BCUT2D eigenvalue weighted by Crippen LogP contribution is 2.22. The predicted octanol–water partition coefficient (Wildman–Crippen LogP) is 4.26. The Balaban J connectivity index is 1.99. The number of amides is 1. The van der Waals surface area contributed by atoms with Crippen molar-refractivity contribution < 1.29 is 9.53 Å². The molecule has 2 aromatic rings. The third-order valence-electron chi connectivity index (χ3n) is 4.16. The van der Waals surface area contributed by atoms with Crippen LogP contribution in [0.4, 0.5) is 0 Å². The van der Waals surface area contributed by atoms with Crippen LogP contribution in [-0.4, -0.2) is 12.0 Å². The SMILES string of the molecule is Cc1ccc([C@H](C)NC(=O)[C@H](C)Oc2cccc(C)c2C)cc1. The third-order valence-corrected chi connectivity index (χ3v) is 4.16. The fourth-order valence-corrected chi connectivity index (χ4v) is 2.37. The van der Waals surface area contributed by atoms with Gasteiger partial charge in [-0.1, -0.05) is 42.0 Å². The summed E-state index contributed by atoms with van der Waals surface area (Å²) in [5.74, 6) is 0.648. The molecule has 0 bridgehead atoms. The van der Waals surface area contributed by atoms with Gasteiger partial charge in [0.2, 0.25) is 0 Å². The van der Waals surface area contributed by atoms with Crippen LogP contribution in [0.5, 0.6) is 5.75 Å². The fraction of sp³-hybridized carbons (Fsp3) is 0.350. The molecular weight excluding hydrogens is 286 g/mol. The highest BCUT2D eigenvalue weighted by atomic mass is 16.5. The van der Waals surface area contributed by atoms with Gasteiger partial charge in [0.15, 0.2) is 6.10 Å². The van der Waals surface area contributed by atoms with Crippen LogP contribution in [0.3, 0.4) is 0 Å². The average Bonchev–Trinajstić information content (AvgIpc) is 2.52. The molecule has 0 saturated heterocycles. The predicted molar refractivity (Wildman–Crippen MR) is 93.7 cm³/mol. The number of nitrogens with one attached hydrogen (secondary N) is 1. The summed E-state index contributed by atoms with van der Waals surface area (Å²) < 4.78 is 5.83. The summed E-state index contributed by atoms with van der Waals surface area (Å²) in [5.41, 5.74) is 4.52. The maximum absolute atomic E-state index is 12.4. The molecule has 0 unspecified atom stereocenters. The van der Waals surface area contributed by atoms with Gasteiger partial charge in [0, 0.05) is 0 Å². The third kappa shape index (κ3) is 4.35. The number of hydrogen-bond acceptors (Lipinski definition) is 2. The summed E-state index contributed by atoms with van der Waals surface area (Å²) in [5, 5.41) is 3.01. The van der Waals surface area contributed by atoms with Crippen LogP contribution in [0.1, 0.15) is 42.1 Å². The van der Waals surface area contributed by atoms with Crippen LogP contribution >= 0.6 is 0 Å². The van der Waals surface area contributed by atoms with E-state index in [9.17, 15) is 4.79 Å². The lowest BCUT2D eigenvalue weighted by Gasteiger charge is -2.20. The molecule has 0 aromatic heterocycles. The van der Waals surface area contributed by atoms with E-state index in [0.717, 1.165) is 22.4 Å². The molecule has 2 rings (SSSR count). The van der Waals surface area contributed by atoms with Gasteiger partial charge in [0.1, 0.15) is 5.75 Å². The molecule has 122 valence electrons. The Morgan fingerprint density at radius 3 is 2.30 bits per heavy atom. The van der Waals surface area contributed by atoms with Gasteiger partial charge in [0.25, 0.3) is 5.91 Å². The minimum absolute atomic E-state index is 0.0484. The zero-order valence-corrected chi connectivity index (χ0v) is 14.5. The van der Waals surface area contributed by atoms with Crippen LogP contribution in [0, 0.1) is 20.8 Å². The largest absolute Gasteiger partial charge is 0.481 e. The molecule has 0 aliphatic heterocycles. The quantitative estimate of drug-likeness (QED) is 0.896. The lowest BCUT2D eigenvalue weighted by Crippen LogP contribution is -2.37. The first-order chi connectivity index (χ1) is 10.9. The van der Waals surface area contributed by atoms with E-state index < -0.39 is 6.10 Å². The number of aryl methyl sites for hydroxylation is 2. The van der Waals surface area contributed by atoms with Crippen LogP contribution in [0.25, 0.3) is 0 Å². The molecule has 1 amide bonds. The van der Waals surface area contributed by atoms with Crippen LogP contribution in [0.15, 0.2) is 42.5 Å². The van der Waals surface area contributed by atoms with Crippen molar-refractivity contribution in [3.8, 4) is 5.75 Å². The Hall–Kier alpha value is -2.29. The molecule has 0 radical (unpaired) electrons. The van der Waals surface area contributed by atoms with E-state index in [-0.39, 0.29) is 11.9 Å². The van der Waals surface area contributed by atoms with Gasteiger partial charge in [-0.05, 0) is 57.4 Å². The van der Waals surface area contributed by atoms with E-state index in [1.54, 1.807) is 6.92 Å². The number of carbonyl (C=O) groups excluding carboxylic acids is 1. The van der Waals surface area contributed by atoms with Crippen molar-refractivity contribution in [2.45, 2.75) is 46.8 Å². The Morgan fingerprint density at radius 2 is 1.65 bits per heavy atom. The topological polar surface area (TPSA) is 38.3 Å². The van der Waals surface area contributed by atoms with Gasteiger partial charge in [-0.2, -0.15) is 0 Å². The molecule has 0 aliphatic rings. The van der Waals surface area contributed by atoms with Gasteiger partial charge < -0.3 is 10.1 Å². The molecule has 23 heavy (non-hydrogen) atoms. The Labute approximate surface area is 138 Å². The molecule has 3 nitrogen and oxygen atoms in total. The van der Waals surface area contributed by atoms with Crippen molar-refractivity contribution >= 4 is 5.91 Å². The van der Waals surface area contributed by atoms with Crippen molar-refractivity contribution in [1.29, 1.82) is 0 Å². The first-order valence-corrected chi connectivity index (χ1v) is 7.98. The summed E-state index contributed by atoms with van der Waals surface area (Å²) in [6.07, 6.45) is -0.539. The van der Waals surface area contributed by atoms with Gasteiger partial charge in [0.05, 0.1) is 6.04 Å². The number of benzene rings is 2. The Morgan fingerprint density at radius 1 is 1.00 bits per heavy atom. The van der Waals surface area contributed by atoms with Gasteiger partial charge in [-0.25, -0.2) is 0 Å². The average molecular weight is 311 g/mol. The smallest absolute Gasteiger partial charge is 0.261 e. The maximum Gasteiger partial charge on any atom is 0.261 e. The first-order valence-electron chi connectivity index (χ1n) is 7.98. The van der Waals surface area contributed by atoms with Gasteiger partial charge in [-0.15, -0.1) is 0 Å². The van der Waals surface area contributed by atoms with Gasteiger partial charge in [-0.3, -0.25) is 4.79 Å². The second-order valence-electron chi connectivity index (χ2n) is 6.10. The standard InChI is InChI=1S/C20H25NO2/c1-13-9-11-18(12-10-13)16(4)21-20(22)17(5)23-19-8-6-7-14(2)15(19)3/h6-12,16-17H,1-5H3,(H,21,22)/t16-,17-/m0/s1. The minimum Gasteiger partial charge on any atom is -0.481 e. The minimum atomic E-state index is -0.539. The summed E-state index contributed by atoms with van der Waals surface area (Å²) >= 11 is 0. The molecule has 0 spiro atoms. The molecule has 2 atom stereocenters. The summed E-state index contributed by atoms with van der Waals surface area (Å²) in [7, 11) is 0. The van der Waals surface area contributed by atoms with Crippen molar-refractivity contribution in [3.63, 3.8) is 0 Å². The Bertz CT molecular complexity index is 677. The number of rotatable bonds is 5. The number of hydrogen-bond donors (Lipinski definition) is 1. The summed E-state index contributed by atoms with van der Waals surface area (Å²) in [6, 6.07) is 14.0. The second kappa shape index (κ2) is 7.32. The highest BCUT2D eigenvalue weighted by Gasteiger charge is 2.18. The first kappa shape index (κ1) is 17.1. The van der Waals surface area contributed by atoms with E-state index in [1.807, 2.05) is 70.2 Å². The van der Waals surface area contributed by atoms with Crippen molar-refractivity contribution in [3.05, 3.63) is 64.7 Å². The maximum atomic E-state index is 12.4. The lowest BCUT2D eigenvalue weighted by molar-refractivity contribution is -0.127. The van der Waals surface area contributed by atoms with Crippen LogP contribution < -0.4 is 10.1 Å². The molecule has 0 fully saturated rings. The van der Waals surface area contributed by atoms with Crippen molar-refractivity contribution in [2.75, 3.05) is 0 Å².